The molecule has 3 aromatic heterocycles. The number of H-pyrrole nitrogens is 1. The number of fused-ring (bicyclic) bond motifs is 1. The summed E-state index contributed by atoms with van der Waals surface area (Å²) in [4.78, 5) is 11.3. The SMILES string of the molecule is C[C@H]1CN(c2cccc(-c3n[nH]c4ncc(Cl)cc34)n2)CCN1. The van der Waals surface area contributed by atoms with Gasteiger partial charge in [0.1, 0.15) is 11.5 Å². The largest absolute Gasteiger partial charge is 0.354 e. The van der Waals surface area contributed by atoms with E-state index in [0.717, 1.165) is 42.2 Å². The minimum Gasteiger partial charge on any atom is -0.354 e. The first-order chi connectivity index (χ1) is 11.2. The Bertz CT molecular complexity index is 845. The van der Waals surface area contributed by atoms with E-state index in [1.807, 2.05) is 24.3 Å². The molecule has 23 heavy (non-hydrogen) atoms. The highest BCUT2D eigenvalue weighted by atomic mass is 35.5. The highest BCUT2D eigenvalue weighted by Crippen LogP contribution is 2.27. The molecule has 2 N–H and O–H groups in total. The second kappa shape index (κ2) is 5.79. The predicted octanol–water partition coefficient (Wildman–Crippen LogP) is 2.47. The molecule has 0 aliphatic carbocycles. The summed E-state index contributed by atoms with van der Waals surface area (Å²) in [5.41, 5.74) is 2.32. The lowest BCUT2D eigenvalue weighted by Crippen LogP contribution is -2.49. The molecule has 6 nitrogen and oxygen atoms in total. The van der Waals surface area contributed by atoms with Crippen LogP contribution in [0.1, 0.15) is 6.92 Å². The first-order valence-electron chi connectivity index (χ1n) is 7.66. The van der Waals surface area contributed by atoms with Crippen LogP contribution in [-0.2, 0) is 0 Å². The molecule has 1 aliphatic heterocycles. The van der Waals surface area contributed by atoms with Crippen LogP contribution in [0.5, 0.6) is 0 Å². The predicted molar refractivity (Wildman–Crippen MR) is 91.8 cm³/mol. The van der Waals surface area contributed by atoms with E-state index in [2.05, 4.69) is 32.3 Å². The number of nitrogens with zero attached hydrogens (tertiary/aromatic N) is 4. The number of aromatic amines is 1. The van der Waals surface area contributed by atoms with Crippen LogP contribution >= 0.6 is 11.6 Å². The normalized spacial score (nSPS) is 18.5. The highest BCUT2D eigenvalue weighted by Gasteiger charge is 2.18. The number of rotatable bonds is 2. The van der Waals surface area contributed by atoms with Gasteiger partial charge in [0.2, 0.25) is 0 Å². The second-order valence-electron chi connectivity index (χ2n) is 5.80. The Labute approximate surface area is 138 Å². The highest BCUT2D eigenvalue weighted by molar-refractivity contribution is 6.31. The topological polar surface area (TPSA) is 69.7 Å². The van der Waals surface area contributed by atoms with Gasteiger partial charge in [-0.2, -0.15) is 5.10 Å². The number of halogens is 1. The Hall–Kier alpha value is -2.18. The number of piperazine rings is 1. The summed E-state index contributed by atoms with van der Waals surface area (Å²) in [5.74, 6) is 0.974. The van der Waals surface area contributed by atoms with Gasteiger partial charge in [-0.25, -0.2) is 9.97 Å². The van der Waals surface area contributed by atoms with Crippen molar-refractivity contribution in [2.24, 2.45) is 0 Å². The zero-order chi connectivity index (χ0) is 15.8. The molecule has 0 spiro atoms. The van der Waals surface area contributed by atoms with Crippen molar-refractivity contribution in [2.75, 3.05) is 24.5 Å². The zero-order valence-electron chi connectivity index (χ0n) is 12.8. The zero-order valence-corrected chi connectivity index (χ0v) is 13.5. The lowest BCUT2D eigenvalue weighted by atomic mass is 10.2. The van der Waals surface area contributed by atoms with Crippen molar-refractivity contribution in [1.29, 1.82) is 0 Å². The van der Waals surface area contributed by atoms with Crippen molar-refractivity contribution in [3.8, 4) is 11.4 Å². The third kappa shape index (κ3) is 2.75. The molecule has 118 valence electrons. The average molecular weight is 329 g/mol. The summed E-state index contributed by atoms with van der Waals surface area (Å²) in [6, 6.07) is 8.35. The van der Waals surface area contributed by atoms with Gasteiger partial charge in [0, 0.05) is 37.3 Å². The fourth-order valence-corrected chi connectivity index (χ4v) is 3.10. The molecular weight excluding hydrogens is 312 g/mol. The number of hydrogen-bond acceptors (Lipinski definition) is 5. The summed E-state index contributed by atoms with van der Waals surface area (Å²) in [6.45, 7) is 5.06. The Kier molecular flexibility index (Phi) is 3.63. The third-order valence-corrected chi connectivity index (χ3v) is 4.26. The molecule has 0 saturated carbocycles. The van der Waals surface area contributed by atoms with Crippen LogP contribution in [-0.4, -0.2) is 45.8 Å². The summed E-state index contributed by atoms with van der Waals surface area (Å²) < 4.78 is 0. The first kappa shape index (κ1) is 14.4. The molecule has 1 aliphatic rings. The van der Waals surface area contributed by atoms with E-state index >= 15 is 0 Å². The molecule has 0 radical (unpaired) electrons. The van der Waals surface area contributed by atoms with Crippen LogP contribution in [0.2, 0.25) is 5.02 Å². The smallest absolute Gasteiger partial charge is 0.155 e. The molecule has 0 aromatic carbocycles. The van der Waals surface area contributed by atoms with Crippen LogP contribution < -0.4 is 10.2 Å². The Morgan fingerprint density at radius 1 is 1.35 bits per heavy atom. The average Bonchev–Trinajstić information content (AvgIpc) is 2.98. The van der Waals surface area contributed by atoms with Crippen LogP contribution in [0.15, 0.2) is 30.5 Å². The lowest BCUT2D eigenvalue weighted by molar-refractivity contribution is 0.482. The fourth-order valence-electron chi connectivity index (χ4n) is 2.94. The number of hydrogen-bond donors (Lipinski definition) is 2. The molecular formula is C16H17ClN6. The van der Waals surface area contributed by atoms with Crippen LogP contribution in [0.3, 0.4) is 0 Å². The van der Waals surface area contributed by atoms with Gasteiger partial charge in [0.05, 0.1) is 10.7 Å². The maximum absolute atomic E-state index is 6.06. The Morgan fingerprint density at radius 2 is 2.26 bits per heavy atom. The van der Waals surface area contributed by atoms with Gasteiger partial charge in [-0.1, -0.05) is 17.7 Å². The molecule has 0 amide bonds. The standard InChI is InChI=1S/C16H17ClN6/c1-10-9-23(6-5-18-10)14-4-2-3-13(20-14)15-12-7-11(17)8-19-16(12)22-21-15/h2-4,7-8,10,18H,5-6,9H2,1H3,(H,19,21,22)/t10-/m0/s1. The molecule has 4 rings (SSSR count). The molecule has 0 bridgehead atoms. The van der Waals surface area contributed by atoms with Crippen molar-refractivity contribution in [1.82, 2.24) is 25.5 Å². The van der Waals surface area contributed by atoms with E-state index in [9.17, 15) is 0 Å². The van der Waals surface area contributed by atoms with Crippen molar-refractivity contribution < 1.29 is 0 Å². The number of nitrogens with one attached hydrogen (secondary N) is 2. The van der Waals surface area contributed by atoms with Crippen LogP contribution in [0, 0.1) is 0 Å². The number of anilines is 1. The van der Waals surface area contributed by atoms with E-state index in [-0.39, 0.29) is 0 Å². The van der Waals surface area contributed by atoms with Crippen molar-refractivity contribution in [2.45, 2.75) is 13.0 Å². The molecule has 7 heteroatoms. The second-order valence-corrected chi connectivity index (χ2v) is 6.24. The van der Waals surface area contributed by atoms with Crippen molar-refractivity contribution in [3.05, 3.63) is 35.5 Å². The van der Waals surface area contributed by atoms with E-state index in [4.69, 9.17) is 16.6 Å². The molecule has 4 heterocycles. The van der Waals surface area contributed by atoms with Gasteiger partial charge in [-0.3, -0.25) is 5.10 Å². The Morgan fingerprint density at radius 3 is 3.13 bits per heavy atom. The van der Waals surface area contributed by atoms with Crippen molar-refractivity contribution in [3.63, 3.8) is 0 Å². The van der Waals surface area contributed by atoms with Crippen LogP contribution in [0.4, 0.5) is 5.82 Å². The Balaban J connectivity index is 1.74. The lowest BCUT2D eigenvalue weighted by Gasteiger charge is -2.32. The monoisotopic (exact) mass is 328 g/mol. The summed E-state index contributed by atoms with van der Waals surface area (Å²) in [6.07, 6.45) is 1.61. The van der Waals surface area contributed by atoms with E-state index in [1.165, 1.54) is 0 Å². The molecule has 0 unspecified atom stereocenters. The van der Waals surface area contributed by atoms with Crippen molar-refractivity contribution >= 4 is 28.5 Å². The molecule has 1 atom stereocenters. The van der Waals surface area contributed by atoms with E-state index in [0.29, 0.717) is 16.7 Å². The first-order valence-corrected chi connectivity index (χ1v) is 8.04. The van der Waals surface area contributed by atoms with Gasteiger partial charge in [0.15, 0.2) is 5.65 Å². The van der Waals surface area contributed by atoms with Gasteiger partial charge < -0.3 is 10.2 Å². The third-order valence-electron chi connectivity index (χ3n) is 4.05. The van der Waals surface area contributed by atoms with Gasteiger partial charge in [-0.15, -0.1) is 0 Å². The minimum absolute atomic E-state index is 0.462. The molecule has 1 saturated heterocycles. The molecule has 3 aromatic rings. The fraction of sp³-hybridized carbons (Fsp3) is 0.312. The minimum atomic E-state index is 0.462. The van der Waals surface area contributed by atoms with Gasteiger partial charge in [0.25, 0.3) is 0 Å². The summed E-state index contributed by atoms with van der Waals surface area (Å²) >= 11 is 6.06. The number of aromatic nitrogens is 4. The van der Waals surface area contributed by atoms with Crippen LogP contribution in [0.25, 0.3) is 22.4 Å². The summed E-state index contributed by atoms with van der Waals surface area (Å²) in [7, 11) is 0. The number of pyridine rings is 2. The quantitative estimate of drug-likeness (QED) is 0.756. The molecule has 1 fully saturated rings. The van der Waals surface area contributed by atoms with Gasteiger partial charge >= 0.3 is 0 Å². The summed E-state index contributed by atoms with van der Waals surface area (Å²) in [5, 5.41) is 12.2. The van der Waals surface area contributed by atoms with E-state index in [1.54, 1.807) is 6.20 Å². The van der Waals surface area contributed by atoms with Gasteiger partial charge in [-0.05, 0) is 25.1 Å². The maximum Gasteiger partial charge on any atom is 0.155 e. The maximum atomic E-state index is 6.06. The van der Waals surface area contributed by atoms with E-state index < -0.39 is 0 Å².